The Labute approximate surface area is 176 Å². The summed E-state index contributed by atoms with van der Waals surface area (Å²) in [5.74, 6) is 0.0204. The van der Waals surface area contributed by atoms with E-state index in [2.05, 4.69) is 38.0 Å². The predicted molar refractivity (Wildman–Crippen MR) is 121 cm³/mol. The molecule has 0 aliphatic heterocycles. The van der Waals surface area contributed by atoms with Crippen LogP contribution in [0.2, 0.25) is 0 Å². The van der Waals surface area contributed by atoms with Crippen molar-refractivity contribution in [2.24, 2.45) is 0 Å². The van der Waals surface area contributed by atoms with Gasteiger partial charge in [0.25, 0.3) is 0 Å². The summed E-state index contributed by atoms with van der Waals surface area (Å²) in [6.45, 7) is 11.1. The molecular weight excluding hydrogens is 376 g/mol. The molecule has 1 heterocycles. The van der Waals surface area contributed by atoms with Gasteiger partial charge in [0.1, 0.15) is 5.75 Å². The maximum absolute atomic E-state index is 11.7. The fourth-order valence-electron chi connectivity index (χ4n) is 5.02. The number of fused-ring (bicyclic) bond motifs is 2. The summed E-state index contributed by atoms with van der Waals surface area (Å²) in [5, 5.41) is 25.4. The fourth-order valence-corrected chi connectivity index (χ4v) is 5.02. The molecule has 1 aliphatic carbocycles. The maximum Gasteiger partial charge on any atom is 0.248 e. The van der Waals surface area contributed by atoms with E-state index < -0.39 is 6.10 Å². The van der Waals surface area contributed by atoms with Gasteiger partial charge in [-0.2, -0.15) is 0 Å². The molecule has 5 heteroatoms. The second-order valence-corrected chi connectivity index (χ2v) is 8.72. The van der Waals surface area contributed by atoms with Crippen molar-refractivity contribution < 1.29 is 10.2 Å². The number of pyridine rings is 1. The standard InChI is InChI=1S/C25H30N2O3/c1-12-8-21(28)25-18(6-7-23(30)27-25)24(12)22(29)11-26-17-9-19-15(4)13(2)14(3)16(5)20(19)10-17/h6-8,17,22,26,28-29H,9-11H2,1-5H3,(H,27,30)/t22-/m1/s1. The lowest BCUT2D eigenvalue weighted by molar-refractivity contribution is 0.171. The van der Waals surface area contributed by atoms with E-state index in [1.807, 2.05) is 6.92 Å². The van der Waals surface area contributed by atoms with E-state index in [0.29, 0.717) is 17.4 Å². The van der Waals surface area contributed by atoms with Crippen LogP contribution in [0, 0.1) is 34.6 Å². The summed E-state index contributed by atoms with van der Waals surface area (Å²) in [5.41, 5.74) is 10.1. The number of rotatable bonds is 4. The number of phenolic OH excluding ortho intramolecular Hbond substituents is 1. The number of aryl methyl sites for hydroxylation is 1. The quantitative estimate of drug-likeness (QED) is 0.534. The SMILES string of the molecule is Cc1cc(O)c2[nH]c(=O)ccc2c1[C@H](O)CNC1Cc2c(C)c(C)c(C)c(C)c2C1. The van der Waals surface area contributed by atoms with E-state index in [9.17, 15) is 15.0 Å². The third-order valence-electron chi connectivity index (χ3n) is 7.03. The molecule has 158 valence electrons. The molecule has 0 saturated heterocycles. The largest absolute Gasteiger partial charge is 0.506 e. The Kier molecular flexibility index (Phi) is 5.20. The van der Waals surface area contributed by atoms with E-state index in [1.54, 1.807) is 12.1 Å². The molecule has 0 fully saturated rings. The number of aliphatic hydroxyl groups is 1. The first kappa shape index (κ1) is 20.6. The number of aliphatic hydroxyl groups excluding tert-OH is 1. The van der Waals surface area contributed by atoms with Gasteiger partial charge in [0, 0.05) is 24.0 Å². The maximum atomic E-state index is 11.7. The lowest BCUT2D eigenvalue weighted by Gasteiger charge is -2.20. The van der Waals surface area contributed by atoms with Crippen LogP contribution in [0.4, 0.5) is 0 Å². The molecule has 2 aromatic carbocycles. The van der Waals surface area contributed by atoms with Crippen LogP contribution < -0.4 is 10.9 Å². The van der Waals surface area contributed by atoms with Crippen molar-refractivity contribution in [1.29, 1.82) is 0 Å². The minimum Gasteiger partial charge on any atom is -0.506 e. The zero-order chi connectivity index (χ0) is 21.7. The number of benzene rings is 2. The molecule has 4 rings (SSSR count). The van der Waals surface area contributed by atoms with E-state index in [0.717, 1.165) is 24.0 Å². The number of phenols is 1. The first-order chi connectivity index (χ1) is 14.2. The summed E-state index contributed by atoms with van der Waals surface area (Å²) in [4.78, 5) is 14.3. The van der Waals surface area contributed by atoms with Crippen LogP contribution in [0.15, 0.2) is 23.0 Å². The number of aromatic amines is 1. The number of aromatic nitrogens is 1. The van der Waals surface area contributed by atoms with Crippen LogP contribution in [0.3, 0.4) is 0 Å². The van der Waals surface area contributed by atoms with E-state index in [1.165, 1.54) is 39.4 Å². The van der Waals surface area contributed by atoms with Gasteiger partial charge < -0.3 is 20.5 Å². The van der Waals surface area contributed by atoms with Gasteiger partial charge in [-0.05, 0) is 104 Å². The number of hydrogen-bond acceptors (Lipinski definition) is 4. The molecule has 1 aromatic heterocycles. The van der Waals surface area contributed by atoms with Crippen LogP contribution in [0.25, 0.3) is 10.9 Å². The second-order valence-electron chi connectivity index (χ2n) is 8.72. The Morgan fingerprint density at radius 3 is 2.23 bits per heavy atom. The molecule has 0 bridgehead atoms. The summed E-state index contributed by atoms with van der Waals surface area (Å²) >= 11 is 0. The Hall–Kier alpha value is -2.63. The predicted octanol–water partition coefficient (Wildman–Crippen LogP) is 3.57. The van der Waals surface area contributed by atoms with E-state index in [4.69, 9.17) is 0 Å². The van der Waals surface area contributed by atoms with Crippen LogP contribution in [0.1, 0.15) is 50.6 Å². The van der Waals surface area contributed by atoms with Crippen molar-refractivity contribution in [2.75, 3.05) is 6.54 Å². The Morgan fingerprint density at radius 2 is 1.63 bits per heavy atom. The zero-order valence-electron chi connectivity index (χ0n) is 18.3. The molecule has 0 saturated carbocycles. The summed E-state index contributed by atoms with van der Waals surface area (Å²) in [7, 11) is 0. The number of aromatic hydroxyl groups is 1. The molecule has 0 amide bonds. The molecule has 1 atom stereocenters. The zero-order valence-corrected chi connectivity index (χ0v) is 18.3. The van der Waals surface area contributed by atoms with Crippen molar-refractivity contribution in [3.05, 3.63) is 73.1 Å². The minimum absolute atomic E-state index is 0.0204. The van der Waals surface area contributed by atoms with Gasteiger partial charge in [-0.25, -0.2) is 0 Å². The fraction of sp³-hybridized carbons (Fsp3) is 0.400. The van der Waals surface area contributed by atoms with Crippen molar-refractivity contribution in [2.45, 2.75) is 59.6 Å². The highest BCUT2D eigenvalue weighted by Gasteiger charge is 2.27. The molecule has 1 aliphatic rings. The average Bonchev–Trinajstić information content (AvgIpc) is 3.14. The molecule has 30 heavy (non-hydrogen) atoms. The summed E-state index contributed by atoms with van der Waals surface area (Å²) in [6.07, 6.45) is 1.20. The lowest BCUT2D eigenvalue weighted by Crippen LogP contribution is -2.33. The van der Waals surface area contributed by atoms with E-state index >= 15 is 0 Å². The molecule has 0 unspecified atom stereocenters. The molecule has 0 spiro atoms. The molecule has 0 radical (unpaired) electrons. The average molecular weight is 407 g/mol. The topological polar surface area (TPSA) is 85.3 Å². The molecule has 4 N–H and O–H groups in total. The normalized spacial score (nSPS) is 15.0. The van der Waals surface area contributed by atoms with Gasteiger partial charge in [-0.3, -0.25) is 4.79 Å². The summed E-state index contributed by atoms with van der Waals surface area (Å²) < 4.78 is 0. The highest BCUT2D eigenvalue weighted by molar-refractivity contribution is 5.88. The van der Waals surface area contributed by atoms with Crippen LogP contribution in [-0.4, -0.2) is 27.8 Å². The van der Waals surface area contributed by atoms with Gasteiger partial charge in [0.2, 0.25) is 5.56 Å². The van der Waals surface area contributed by atoms with Gasteiger partial charge in [0.15, 0.2) is 0 Å². The van der Waals surface area contributed by atoms with Gasteiger partial charge in [-0.1, -0.05) is 0 Å². The molecule has 3 aromatic rings. The van der Waals surface area contributed by atoms with Crippen molar-refractivity contribution in [3.63, 3.8) is 0 Å². The minimum atomic E-state index is -0.742. The highest BCUT2D eigenvalue weighted by Crippen LogP contribution is 2.34. The highest BCUT2D eigenvalue weighted by atomic mass is 16.3. The third kappa shape index (κ3) is 3.32. The monoisotopic (exact) mass is 406 g/mol. The van der Waals surface area contributed by atoms with Crippen LogP contribution in [-0.2, 0) is 12.8 Å². The number of H-pyrrole nitrogens is 1. The Balaban J connectivity index is 1.57. The number of hydrogen-bond donors (Lipinski definition) is 4. The molecular formula is C25H30N2O3. The Morgan fingerprint density at radius 1 is 1.03 bits per heavy atom. The number of nitrogens with one attached hydrogen (secondary N) is 2. The van der Waals surface area contributed by atoms with Crippen LogP contribution in [0.5, 0.6) is 5.75 Å². The summed E-state index contributed by atoms with van der Waals surface area (Å²) in [6, 6.07) is 4.98. The third-order valence-corrected chi connectivity index (χ3v) is 7.03. The van der Waals surface area contributed by atoms with E-state index in [-0.39, 0.29) is 17.4 Å². The van der Waals surface area contributed by atoms with Crippen molar-refractivity contribution in [1.82, 2.24) is 10.3 Å². The smallest absolute Gasteiger partial charge is 0.248 e. The first-order valence-corrected chi connectivity index (χ1v) is 10.5. The van der Waals surface area contributed by atoms with Crippen LogP contribution >= 0.6 is 0 Å². The van der Waals surface area contributed by atoms with Crippen molar-refractivity contribution in [3.8, 4) is 5.75 Å². The van der Waals surface area contributed by atoms with Crippen molar-refractivity contribution >= 4 is 10.9 Å². The van der Waals surface area contributed by atoms with Gasteiger partial charge >= 0.3 is 0 Å². The van der Waals surface area contributed by atoms with Gasteiger partial charge in [-0.15, -0.1) is 0 Å². The first-order valence-electron chi connectivity index (χ1n) is 10.5. The second kappa shape index (κ2) is 7.56. The van der Waals surface area contributed by atoms with Gasteiger partial charge in [0.05, 0.1) is 11.6 Å². The molecule has 5 nitrogen and oxygen atoms in total. The lowest BCUT2D eigenvalue weighted by atomic mass is 9.90. The Bertz CT molecular complexity index is 1170.